The topological polar surface area (TPSA) is 95.0 Å². The number of alkyl carbamates (subject to hydrolysis) is 1. The number of aromatic nitrogens is 2. The molecule has 2 heterocycles. The van der Waals surface area contributed by atoms with Gasteiger partial charge in [0.2, 0.25) is 5.13 Å². The number of hydrogen-bond acceptors (Lipinski definition) is 7. The maximum absolute atomic E-state index is 11.7. The maximum Gasteiger partial charge on any atom is 0.407 e. The largest absolute Gasteiger partial charge is 0.444 e. The lowest BCUT2D eigenvalue weighted by atomic mass is 10.2. The first-order valence-corrected chi connectivity index (χ1v) is 10.1. The van der Waals surface area contributed by atoms with Crippen molar-refractivity contribution in [3.05, 3.63) is 5.82 Å². The molecule has 1 aromatic rings. The summed E-state index contributed by atoms with van der Waals surface area (Å²) in [5.74, 6) is 1.75. The Morgan fingerprint density at radius 2 is 1.89 bits per heavy atom. The number of nitrogens with one attached hydrogen (secondary N) is 2. The molecular formula is C17H31N7O2S. The summed E-state index contributed by atoms with van der Waals surface area (Å²) in [4.78, 5) is 25.0. The molecule has 0 atom stereocenters. The van der Waals surface area contributed by atoms with Gasteiger partial charge in [-0.15, -0.1) is 0 Å². The molecular weight excluding hydrogens is 366 g/mol. The molecule has 9 nitrogen and oxygen atoms in total. The number of hydrogen-bond donors (Lipinski definition) is 2. The number of amides is 1. The smallest absolute Gasteiger partial charge is 0.407 e. The number of guanidine groups is 1. The molecule has 0 spiro atoms. The molecule has 1 fully saturated rings. The van der Waals surface area contributed by atoms with Crippen LogP contribution in [0, 0.1) is 0 Å². The van der Waals surface area contributed by atoms with Crippen LogP contribution in [-0.2, 0) is 11.2 Å². The third-order valence-electron chi connectivity index (χ3n) is 3.91. The zero-order chi connectivity index (χ0) is 19.9. The first kappa shape index (κ1) is 21.2. The van der Waals surface area contributed by atoms with Gasteiger partial charge in [-0.3, -0.25) is 4.99 Å². The van der Waals surface area contributed by atoms with E-state index in [2.05, 4.69) is 41.7 Å². The number of aryl methyl sites for hydroxylation is 1. The summed E-state index contributed by atoms with van der Waals surface area (Å²) >= 11 is 1.47. The fourth-order valence-corrected chi connectivity index (χ4v) is 3.41. The quantitative estimate of drug-likeness (QED) is 0.440. The van der Waals surface area contributed by atoms with Crippen molar-refractivity contribution in [1.29, 1.82) is 0 Å². The predicted molar refractivity (Wildman–Crippen MR) is 109 cm³/mol. The Kier molecular flexibility index (Phi) is 7.64. The van der Waals surface area contributed by atoms with Gasteiger partial charge in [0.15, 0.2) is 5.96 Å². The van der Waals surface area contributed by atoms with Gasteiger partial charge < -0.3 is 25.2 Å². The van der Waals surface area contributed by atoms with Crippen molar-refractivity contribution in [3.8, 4) is 0 Å². The molecule has 1 amide bonds. The van der Waals surface area contributed by atoms with Crippen LogP contribution in [0.5, 0.6) is 0 Å². The number of ether oxygens (including phenoxy) is 1. The van der Waals surface area contributed by atoms with E-state index in [4.69, 9.17) is 4.74 Å². The van der Waals surface area contributed by atoms with E-state index in [1.54, 1.807) is 7.05 Å². The van der Waals surface area contributed by atoms with Gasteiger partial charge in [-0.2, -0.15) is 4.37 Å². The van der Waals surface area contributed by atoms with E-state index in [1.807, 2.05) is 20.8 Å². The van der Waals surface area contributed by atoms with E-state index >= 15 is 0 Å². The summed E-state index contributed by atoms with van der Waals surface area (Å²) in [6.07, 6.45) is 0.459. The maximum atomic E-state index is 11.7. The summed E-state index contributed by atoms with van der Waals surface area (Å²) in [5, 5.41) is 7.02. The van der Waals surface area contributed by atoms with Crippen molar-refractivity contribution in [2.75, 3.05) is 51.2 Å². The van der Waals surface area contributed by atoms with Crippen LogP contribution < -0.4 is 15.5 Å². The number of nitrogens with zero attached hydrogens (tertiary/aromatic N) is 5. The van der Waals surface area contributed by atoms with Gasteiger partial charge in [0.1, 0.15) is 11.4 Å². The molecule has 10 heteroatoms. The van der Waals surface area contributed by atoms with E-state index in [0.717, 1.165) is 49.5 Å². The molecule has 0 bridgehead atoms. The van der Waals surface area contributed by atoms with Gasteiger partial charge in [0.05, 0.1) is 0 Å². The van der Waals surface area contributed by atoms with E-state index in [9.17, 15) is 4.79 Å². The lowest BCUT2D eigenvalue weighted by molar-refractivity contribution is 0.0529. The Bertz CT molecular complexity index is 633. The molecule has 0 saturated carbocycles. The summed E-state index contributed by atoms with van der Waals surface area (Å²) in [6, 6.07) is 0. The minimum atomic E-state index is -0.488. The average Bonchev–Trinajstić information content (AvgIpc) is 3.10. The lowest BCUT2D eigenvalue weighted by Crippen LogP contribution is -2.53. The predicted octanol–water partition coefficient (Wildman–Crippen LogP) is 1.32. The van der Waals surface area contributed by atoms with Gasteiger partial charge in [0.25, 0.3) is 0 Å². The van der Waals surface area contributed by atoms with Crippen LogP contribution >= 0.6 is 11.5 Å². The number of carbonyl (C=O) groups is 1. The van der Waals surface area contributed by atoms with Crippen LogP contribution in [0.2, 0.25) is 0 Å². The second-order valence-corrected chi connectivity index (χ2v) is 7.95. The van der Waals surface area contributed by atoms with Crippen LogP contribution in [0.4, 0.5) is 9.93 Å². The fraction of sp³-hybridized carbons (Fsp3) is 0.765. The number of anilines is 1. The third kappa shape index (κ3) is 6.85. The molecule has 1 aliphatic rings. The van der Waals surface area contributed by atoms with Crippen LogP contribution in [0.3, 0.4) is 0 Å². The van der Waals surface area contributed by atoms with Gasteiger partial charge in [-0.05, 0) is 20.8 Å². The zero-order valence-corrected chi connectivity index (χ0v) is 17.7. The number of piperazine rings is 1. The van der Waals surface area contributed by atoms with Crippen molar-refractivity contribution < 1.29 is 9.53 Å². The fourth-order valence-electron chi connectivity index (χ4n) is 2.61. The number of rotatable bonds is 5. The van der Waals surface area contributed by atoms with Crippen molar-refractivity contribution in [2.24, 2.45) is 4.99 Å². The molecule has 0 radical (unpaired) electrons. The highest BCUT2D eigenvalue weighted by Crippen LogP contribution is 2.19. The highest BCUT2D eigenvalue weighted by atomic mass is 32.1. The monoisotopic (exact) mass is 397 g/mol. The van der Waals surface area contributed by atoms with Crippen molar-refractivity contribution in [2.45, 2.75) is 39.7 Å². The van der Waals surface area contributed by atoms with Gasteiger partial charge in [-0.25, -0.2) is 9.78 Å². The number of aliphatic imine (C=N–C) groups is 1. The van der Waals surface area contributed by atoms with Crippen molar-refractivity contribution >= 4 is 28.7 Å². The standard InChI is InChI=1S/C17H31N7O2S/c1-6-13-21-15(27-22-13)24-11-9-23(10-12-24)14(18-5)19-7-8-20-16(25)26-17(2,3)4/h6-12H2,1-5H3,(H,18,19)(H,20,25). The second-order valence-electron chi connectivity index (χ2n) is 7.22. The third-order valence-corrected chi connectivity index (χ3v) is 4.73. The van der Waals surface area contributed by atoms with Crippen LogP contribution in [-0.4, -0.2) is 78.2 Å². The highest BCUT2D eigenvalue weighted by Gasteiger charge is 2.22. The summed E-state index contributed by atoms with van der Waals surface area (Å²) in [6.45, 7) is 12.1. The normalized spacial score (nSPS) is 15.7. The minimum absolute atomic E-state index is 0.406. The Morgan fingerprint density at radius 1 is 1.22 bits per heavy atom. The van der Waals surface area contributed by atoms with Gasteiger partial charge >= 0.3 is 6.09 Å². The molecule has 1 saturated heterocycles. The lowest BCUT2D eigenvalue weighted by Gasteiger charge is -2.36. The minimum Gasteiger partial charge on any atom is -0.444 e. The zero-order valence-electron chi connectivity index (χ0n) is 16.9. The van der Waals surface area contributed by atoms with Crippen LogP contribution in [0.15, 0.2) is 4.99 Å². The molecule has 152 valence electrons. The first-order valence-electron chi connectivity index (χ1n) is 9.32. The molecule has 2 rings (SSSR count). The summed E-state index contributed by atoms with van der Waals surface area (Å²) in [7, 11) is 1.77. The van der Waals surface area contributed by atoms with Gasteiger partial charge in [-0.1, -0.05) is 6.92 Å². The van der Waals surface area contributed by atoms with Crippen LogP contribution in [0.25, 0.3) is 0 Å². The Morgan fingerprint density at radius 3 is 2.44 bits per heavy atom. The van der Waals surface area contributed by atoms with Crippen molar-refractivity contribution in [3.63, 3.8) is 0 Å². The van der Waals surface area contributed by atoms with E-state index < -0.39 is 11.7 Å². The SMILES string of the molecule is CCc1nsc(N2CCN(C(=NC)NCCNC(=O)OC(C)(C)C)CC2)n1. The second kappa shape index (κ2) is 9.72. The Balaban J connectivity index is 1.71. The van der Waals surface area contributed by atoms with E-state index in [-0.39, 0.29) is 0 Å². The molecule has 0 aromatic carbocycles. The van der Waals surface area contributed by atoms with E-state index in [0.29, 0.717) is 13.1 Å². The summed E-state index contributed by atoms with van der Waals surface area (Å²) in [5.41, 5.74) is -0.488. The summed E-state index contributed by atoms with van der Waals surface area (Å²) < 4.78 is 9.58. The van der Waals surface area contributed by atoms with Gasteiger partial charge in [0, 0.05) is 64.3 Å². The molecule has 0 aliphatic carbocycles. The molecule has 2 N–H and O–H groups in total. The molecule has 1 aliphatic heterocycles. The number of carbonyl (C=O) groups excluding carboxylic acids is 1. The molecule has 1 aromatic heterocycles. The Hall–Kier alpha value is -2.10. The van der Waals surface area contributed by atoms with E-state index in [1.165, 1.54) is 11.5 Å². The van der Waals surface area contributed by atoms with Crippen LogP contribution in [0.1, 0.15) is 33.5 Å². The highest BCUT2D eigenvalue weighted by molar-refractivity contribution is 7.09. The average molecular weight is 398 g/mol. The molecule has 0 unspecified atom stereocenters. The Labute approximate surface area is 165 Å². The van der Waals surface area contributed by atoms with Crippen molar-refractivity contribution in [1.82, 2.24) is 24.9 Å². The first-order chi connectivity index (χ1) is 12.8. The molecule has 27 heavy (non-hydrogen) atoms.